The molecule has 2 N–H and O–H groups in total. The van der Waals surface area contributed by atoms with Crippen LogP contribution in [0.15, 0.2) is 17.3 Å². The lowest BCUT2D eigenvalue weighted by molar-refractivity contribution is 0.133. The van der Waals surface area contributed by atoms with Gasteiger partial charge >= 0.3 is 0 Å². The number of anilines is 1. The zero-order chi connectivity index (χ0) is 15.6. The molecule has 0 amide bonds. The lowest BCUT2D eigenvalue weighted by Crippen LogP contribution is -2.26. The number of nitrogens with zero attached hydrogens (tertiary/aromatic N) is 2. The molecule has 0 saturated carbocycles. The second-order valence-electron chi connectivity index (χ2n) is 4.53. The molecule has 0 aliphatic heterocycles. The molecule has 0 atom stereocenters. The molecular formula is C13H24N4O3S. The van der Waals surface area contributed by atoms with Crippen molar-refractivity contribution in [2.45, 2.75) is 38.0 Å². The second-order valence-corrected chi connectivity index (χ2v) is 6.30. The van der Waals surface area contributed by atoms with Crippen molar-refractivity contribution in [1.82, 2.24) is 14.7 Å². The maximum absolute atomic E-state index is 12.0. The summed E-state index contributed by atoms with van der Waals surface area (Å²) in [5.41, 5.74) is 0. The van der Waals surface area contributed by atoms with Gasteiger partial charge in [0, 0.05) is 26.3 Å². The van der Waals surface area contributed by atoms with E-state index >= 15 is 0 Å². The van der Waals surface area contributed by atoms with E-state index in [0.717, 1.165) is 19.4 Å². The van der Waals surface area contributed by atoms with Gasteiger partial charge in [0.1, 0.15) is 4.90 Å². The van der Waals surface area contributed by atoms with Crippen LogP contribution in [0, 0.1) is 0 Å². The maximum atomic E-state index is 12.0. The van der Waals surface area contributed by atoms with Crippen LogP contribution in [-0.4, -0.2) is 44.7 Å². The quantitative estimate of drug-likeness (QED) is 0.599. The summed E-state index contributed by atoms with van der Waals surface area (Å²) in [5.74, 6) is 0.434. The van der Waals surface area contributed by atoms with E-state index in [4.69, 9.17) is 4.74 Å². The molecule has 0 unspecified atom stereocenters. The molecule has 0 fully saturated rings. The highest BCUT2D eigenvalue weighted by Crippen LogP contribution is 2.07. The fourth-order valence-electron chi connectivity index (χ4n) is 1.49. The van der Waals surface area contributed by atoms with Crippen molar-refractivity contribution in [3.05, 3.63) is 12.4 Å². The van der Waals surface area contributed by atoms with E-state index < -0.39 is 10.0 Å². The van der Waals surface area contributed by atoms with Gasteiger partial charge in [-0.3, -0.25) is 0 Å². The molecule has 0 bridgehead atoms. The Hall–Kier alpha value is -1.25. The summed E-state index contributed by atoms with van der Waals surface area (Å²) in [4.78, 5) is 8.04. The maximum Gasteiger partial charge on any atom is 0.243 e. The molecular weight excluding hydrogens is 292 g/mol. The Bertz CT molecular complexity index is 491. The molecule has 7 nitrogen and oxygen atoms in total. The van der Waals surface area contributed by atoms with Crippen LogP contribution in [-0.2, 0) is 14.8 Å². The fourth-order valence-corrected chi connectivity index (χ4v) is 2.46. The van der Waals surface area contributed by atoms with E-state index in [1.807, 2.05) is 13.8 Å². The molecule has 0 radical (unpaired) electrons. The summed E-state index contributed by atoms with van der Waals surface area (Å²) in [6.07, 6.45) is 5.16. The SMILES string of the molecule is CCCNc1ncc(S(=O)(=O)NCCCOCCC)cn1. The van der Waals surface area contributed by atoms with Crippen LogP contribution in [0.2, 0.25) is 0 Å². The molecule has 8 heteroatoms. The van der Waals surface area contributed by atoms with Crippen molar-refractivity contribution in [2.75, 3.05) is 31.6 Å². The average molecular weight is 316 g/mol. The molecule has 0 aliphatic carbocycles. The fraction of sp³-hybridized carbons (Fsp3) is 0.692. The van der Waals surface area contributed by atoms with Crippen LogP contribution in [0.4, 0.5) is 5.95 Å². The first-order chi connectivity index (χ1) is 10.1. The minimum atomic E-state index is -3.55. The largest absolute Gasteiger partial charge is 0.381 e. The Morgan fingerprint density at radius 1 is 1.10 bits per heavy atom. The molecule has 21 heavy (non-hydrogen) atoms. The predicted molar refractivity (Wildman–Crippen MR) is 81.7 cm³/mol. The topological polar surface area (TPSA) is 93.2 Å². The number of nitrogens with one attached hydrogen (secondary N) is 2. The highest BCUT2D eigenvalue weighted by atomic mass is 32.2. The van der Waals surface area contributed by atoms with E-state index in [9.17, 15) is 8.42 Å². The predicted octanol–water partition coefficient (Wildman–Crippen LogP) is 1.39. The van der Waals surface area contributed by atoms with Gasteiger partial charge in [-0.15, -0.1) is 0 Å². The number of rotatable bonds is 11. The average Bonchev–Trinajstić information content (AvgIpc) is 2.49. The first-order valence-corrected chi connectivity index (χ1v) is 8.71. The smallest absolute Gasteiger partial charge is 0.243 e. The van der Waals surface area contributed by atoms with Gasteiger partial charge in [0.25, 0.3) is 0 Å². The number of hydrogen-bond donors (Lipinski definition) is 2. The van der Waals surface area contributed by atoms with Crippen LogP contribution in [0.5, 0.6) is 0 Å². The van der Waals surface area contributed by atoms with Gasteiger partial charge in [0.2, 0.25) is 16.0 Å². The molecule has 0 spiro atoms. The monoisotopic (exact) mass is 316 g/mol. The first kappa shape index (κ1) is 17.8. The number of sulfonamides is 1. The molecule has 1 aromatic heterocycles. The van der Waals surface area contributed by atoms with Gasteiger partial charge in [-0.25, -0.2) is 23.1 Å². The number of aromatic nitrogens is 2. The Morgan fingerprint density at radius 2 is 1.81 bits per heavy atom. The summed E-state index contributed by atoms with van der Waals surface area (Å²) in [6.45, 7) is 6.39. The van der Waals surface area contributed by atoms with Crippen molar-refractivity contribution in [2.24, 2.45) is 0 Å². The lowest BCUT2D eigenvalue weighted by Gasteiger charge is -2.07. The zero-order valence-corrected chi connectivity index (χ0v) is 13.4. The standard InChI is InChI=1S/C13H24N4O3S/c1-3-6-14-13-15-10-12(11-16-13)21(18,19)17-7-5-9-20-8-4-2/h10-11,17H,3-9H2,1-2H3,(H,14,15,16). The highest BCUT2D eigenvalue weighted by molar-refractivity contribution is 7.89. The molecule has 1 rings (SSSR count). The van der Waals surface area contributed by atoms with Gasteiger partial charge in [0.05, 0.1) is 12.4 Å². The lowest BCUT2D eigenvalue weighted by atomic mass is 10.4. The molecule has 1 heterocycles. The van der Waals surface area contributed by atoms with Crippen LogP contribution in [0.25, 0.3) is 0 Å². The van der Waals surface area contributed by atoms with Crippen molar-refractivity contribution < 1.29 is 13.2 Å². The molecule has 1 aromatic rings. The Kier molecular flexibility index (Phi) is 8.17. The third-order valence-corrected chi connectivity index (χ3v) is 3.99. The van der Waals surface area contributed by atoms with Gasteiger partial charge in [-0.1, -0.05) is 13.8 Å². The Balaban J connectivity index is 2.42. The Labute approximate surface area is 126 Å². The minimum Gasteiger partial charge on any atom is -0.381 e. The van der Waals surface area contributed by atoms with Gasteiger partial charge in [-0.05, 0) is 19.3 Å². The van der Waals surface area contributed by atoms with E-state index in [0.29, 0.717) is 32.1 Å². The van der Waals surface area contributed by atoms with E-state index in [1.165, 1.54) is 12.4 Å². The highest BCUT2D eigenvalue weighted by Gasteiger charge is 2.14. The summed E-state index contributed by atoms with van der Waals surface area (Å²) >= 11 is 0. The van der Waals surface area contributed by atoms with Crippen LogP contribution < -0.4 is 10.0 Å². The summed E-state index contributed by atoms with van der Waals surface area (Å²) in [7, 11) is -3.55. The normalized spacial score (nSPS) is 11.5. The van der Waals surface area contributed by atoms with Crippen LogP contribution >= 0.6 is 0 Å². The third kappa shape index (κ3) is 6.83. The summed E-state index contributed by atoms with van der Waals surface area (Å²) in [6, 6.07) is 0. The molecule has 0 saturated heterocycles. The van der Waals surface area contributed by atoms with Gasteiger partial charge in [0.15, 0.2) is 0 Å². The van der Waals surface area contributed by atoms with Gasteiger partial charge in [-0.2, -0.15) is 0 Å². The number of hydrogen-bond acceptors (Lipinski definition) is 6. The summed E-state index contributed by atoms with van der Waals surface area (Å²) < 4.78 is 31.8. The summed E-state index contributed by atoms with van der Waals surface area (Å²) in [5, 5.41) is 2.99. The second kappa shape index (κ2) is 9.64. The van der Waals surface area contributed by atoms with Crippen molar-refractivity contribution in [3.63, 3.8) is 0 Å². The van der Waals surface area contributed by atoms with Crippen molar-refractivity contribution >= 4 is 16.0 Å². The van der Waals surface area contributed by atoms with E-state index in [-0.39, 0.29) is 4.90 Å². The van der Waals surface area contributed by atoms with Crippen molar-refractivity contribution in [3.8, 4) is 0 Å². The molecule has 0 aliphatic rings. The number of ether oxygens (including phenoxy) is 1. The zero-order valence-electron chi connectivity index (χ0n) is 12.6. The third-order valence-electron chi connectivity index (χ3n) is 2.58. The van der Waals surface area contributed by atoms with Crippen molar-refractivity contribution in [1.29, 1.82) is 0 Å². The van der Waals surface area contributed by atoms with E-state index in [2.05, 4.69) is 20.0 Å². The molecule has 0 aromatic carbocycles. The Morgan fingerprint density at radius 3 is 2.43 bits per heavy atom. The first-order valence-electron chi connectivity index (χ1n) is 7.23. The van der Waals surface area contributed by atoms with Crippen LogP contribution in [0.1, 0.15) is 33.1 Å². The van der Waals surface area contributed by atoms with Gasteiger partial charge < -0.3 is 10.1 Å². The minimum absolute atomic E-state index is 0.0685. The van der Waals surface area contributed by atoms with E-state index in [1.54, 1.807) is 0 Å². The molecule has 120 valence electrons. The van der Waals surface area contributed by atoms with Crippen LogP contribution in [0.3, 0.4) is 0 Å².